The lowest BCUT2D eigenvalue weighted by Gasteiger charge is -2.12. The van der Waals surface area contributed by atoms with Crippen molar-refractivity contribution >= 4 is 11.7 Å². The van der Waals surface area contributed by atoms with E-state index in [4.69, 9.17) is 0 Å². The summed E-state index contributed by atoms with van der Waals surface area (Å²) in [6.07, 6.45) is 3.67. The van der Waals surface area contributed by atoms with Crippen molar-refractivity contribution in [3.63, 3.8) is 0 Å². The number of carbonyl (C=O) groups is 2. The summed E-state index contributed by atoms with van der Waals surface area (Å²) in [5, 5.41) is 0. The largest absolute Gasteiger partial charge is 0.339 e. The van der Waals surface area contributed by atoms with Crippen molar-refractivity contribution in [1.29, 1.82) is 0 Å². The molecule has 0 spiro atoms. The first-order valence-electron chi connectivity index (χ1n) is 4.96. The maximum Gasteiger partial charge on any atom is 0.289 e. The van der Waals surface area contributed by atoms with Crippen molar-refractivity contribution in [2.24, 2.45) is 5.92 Å². The molecule has 0 aromatic carbocycles. The lowest BCUT2D eigenvalue weighted by atomic mass is 9.94. The van der Waals surface area contributed by atoms with Crippen LogP contribution in [0.2, 0.25) is 0 Å². The molecule has 0 radical (unpaired) electrons. The maximum atomic E-state index is 11.6. The summed E-state index contributed by atoms with van der Waals surface area (Å²) < 4.78 is 0. The summed E-state index contributed by atoms with van der Waals surface area (Å²) >= 11 is 0. The number of carbonyl (C=O) groups excluding carboxylic acids is 2. The smallest absolute Gasteiger partial charge is 0.289 e. The van der Waals surface area contributed by atoms with Gasteiger partial charge in [-0.3, -0.25) is 9.59 Å². The van der Waals surface area contributed by atoms with Crippen LogP contribution in [0.3, 0.4) is 0 Å². The lowest BCUT2D eigenvalue weighted by molar-refractivity contribution is -0.145. The van der Waals surface area contributed by atoms with E-state index in [1.54, 1.807) is 7.05 Å². The zero-order chi connectivity index (χ0) is 9.84. The number of rotatable bonds is 2. The van der Waals surface area contributed by atoms with Crippen molar-refractivity contribution < 1.29 is 9.59 Å². The number of nitrogens with zero attached hydrogens (tertiary/aromatic N) is 1. The van der Waals surface area contributed by atoms with Gasteiger partial charge in [0.25, 0.3) is 5.91 Å². The van der Waals surface area contributed by atoms with Gasteiger partial charge in [0.2, 0.25) is 5.78 Å². The standard InChI is InChI=1S/C10H17NO2/c1-3-5-8-6-4-7-11(2)10(13)9(8)12/h8H,3-7H2,1-2H3. The van der Waals surface area contributed by atoms with Crippen LogP contribution in [0.15, 0.2) is 0 Å². The zero-order valence-corrected chi connectivity index (χ0v) is 8.38. The first-order valence-corrected chi connectivity index (χ1v) is 4.96. The number of likely N-dealkylation sites (N-methyl/N-ethyl adjacent to an activating group) is 1. The molecular weight excluding hydrogens is 166 g/mol. The molecule has 1 saturated heterocycles. The molecule has 74 valence electrons. The van der Waals surface area contributed by atoms with Crippen molar-refractivity contribution in [2.75, 3.05) is 13.6 Å². The van der Waals surface area contributed by atoms with Crippen LogP contribution in [0.5, 0.6) is 0 Å². The minimum Gasteiger partial charge on any atom is -0.339 e. The Morgan fingerprint density at radius 3 is 2.77 bits per heavy atom. The average molecular weight is 183 g/mol. The Labute approximate surface area is 79.1 Å². The topological polar surface area (TPSA) is 37.4 Å². The molecule has 1 amide bonds. The van der Waals surface area contributed by atoms with Crippen LogP contribution in [0.1, 0.15) is 32.6 Å². The fraction of sp³-hybridized carbons (Fsp3) is 0.800. The molecule has 1 rings (SSSR count). The monoisotopic (exact) mass is 183 g/mol. The highest BCUT2D eigenvalue weighted by Crippen LogP contribution is 2.19. The van der Waals surface area contributed by atoms with Gasteiger partial charge >= 0.3 is 0 Å². The summed E-state index contributed by atoms with van der Waals surface area (Å²) in [5.74, 6) is -0.486. The Bertz CT molecular complexity index is 213. The molecular formula is C10H17NO2. The van der Waals surface area contributed by atoms with Crippen LogP contribution < -0.4 is 0 Å². The summed E-state index contributed by atoms with van der Waals surface area (Å²) in [7, 11) is 1.70. The fourth-order valence-corrected chi connectivity index (χ4v) is 1.79. The lowest BCUT2D eigenvalue weighted by Crippen LogP contribution is -2.34. The molecule has 3 nitrogen and oxygen atoms in total. The first kappa shape index (κ1) is 10.2. The van der Waals surface area contributed by atoms with Gasteiger partial charge in [0, 0.05) is 19.5 Å². The van der Waals surface area contributed by atoms with E-state index < -0.39 is 0 Å². The van der Waals surface area contributed by atoms with Gasteiger partial charge in [-0.15, -0.1) is 0 Å². The van der Waals surface area contributed by atoms with Gasteiger partial charge in [-0.1, -0.05) is 13.3 Å². The van der Waals surface area contributed by atoms with E-state index in [-0.39, 0.29) is 17.6 Å². The van der Waals surface area contributed by atoms with Crippen LogP contribution in [-0.4, -0.2) is 30.2 Å². The molecule has 0 aromatic rings. The highest BCUT2D eigenvalue weighted by molar-refractivity contribution is 6.36. The zero-order valence-electron chi connectivity index (χ0n) is 8.38. The highest BCUT2D eigenvalue weighted by atomic mass is 16.2. The van der Waals surface area contributed by atoms with E-state index in [0.717, 1.165) is 32.2 Å². The molecule has 13 heavy (non-hydrogen) atoms. The summed E-state index contributed by atoms with van der Waals surface area (Å²) in [5.41, 5.74) is 0. The Kier molecular flexibility index (Phi) is 3.46. The third-order valence-corrected chi connectivity index (χ3v) is 2.61. The molecule has 0 N–H and O–H groups in total. The van der Waals surface area contributed by atoms with E-state index in [2.05, 4.69) is 0 Å². The number of likely N-dealkylation sites (tertiary alicyclic amines) is 1. The highest BCUT2D eigenvalue weighted by Gasteiger charge is 2.29. The molecule has 0 aliphatic carbocycles. The summed E-state index contributed by atoms with van der Waals surface area (Å²) in [4.78, 5) is 24.5. The van der Waals surface area contributed by atoms with Gasteiger partial charge < -0.3 is 4.90 Å². The summed E-state index contributed by atoms with van der Waals surface area (Å²) in [6.45, 7) is 2.77. The number of ketones is 1. The van der Waals surface area contributed by atoms with Crippen LogP contribution in [0.25, 0.3) is 0 Å². The number of hydrogen-bond acceptors (Lipinski definition) is 2. The molecule has 1 aliphatic rings. The number of amides is 1. The second kappa shape index (κ2) is 4.40. The Balaban J connectivity index is 2.67. The van der Waals surface area contributed by atoms with Gasteiger partial charge in [-0.05, 0) is 19.3 Å². The molecule has 3 heteroatoms. The fourth-order valence-electron chi connectivity index (χ4n) is 1.79. The Morgan fingerprint density at radius 2 is 2.15 bits per heavy atom. The van der Waals surface area contributed by atoms with Crippen molar-refractivity contribution in [3.8, 4) is 0 Å². The third kappa shape index (κ3) is 2.29. The van der Waals surface area contributed by atoms with Crippen molar-refractivity contribution in [1.82, 2.24) is 4.90 Å². The van der Waals surface area contributed by atoms with Crippen LogP contribution in [-0.2, 0) is 9.59 Å². The molecule has 1 aliphatic heterocycles. The predicted molar refractivity (Wildman–Crippen MR) is 50.3 cm³/mol. The second-order valence-corrected chi connectivity index (χ2v) is 3.72. The van der Waals surface area contributed by atoms with Crippen molar-refractivity contribution in [3.05, 3.63) is 0 Å². The van der Waals surface area contributed by atoms with E-state index >= 15 is 0 Å². The molecule has 0 bridgehead atoms. The molecule has 1 fully saturated rings. The van der Waals surface area contributed by atoms with Crippen LogP contribution in [0.4, 0.5) is 0 Å². The Hall–Kier alpha value is -0.860. The van der Waals surface area contributed by atoms with E-state index in [0.29, 0.717) is 0 Å². The first-order chi connectivity index (χ1) is 6.16. The molecule has 1 heterocycles. The average Bonchev–Trinajstić information content (AvgIpc) is 2.22. The van der Waals surface area contributed by atoms with Gasteiger partial charge in [-0.25, -0.2) is 0 Å². The third-order valence-electron chi connectivity index (χ3n) is 2.61. The molecule has 0 aromatic heterocycles. The SMILES string of the molecule is CCCC1CCCN(C)C(=O)C1=O. The quantitative estimate of drug-likeness (QED) is 0.604. The number of hydrogen-bond donors (Lipinski definition) is 0. The molecule has 0 saturated carbocycles. The van der Waals surface area contributed by atoms with Gasteiger partial charge in [0.15, 0.2) is 0 Å². The Morgan fingerprint density at radius 1 is 1.46 bits per heavy atom. The van der Waals surface area contributed by atoms with Crippen LogP contribution in [0, 0.1) is 5.92 Å². The summed E-state index contributed by atoms with van der Waals surface area (Å²) in [6, 6.07) is 0. The van der Waals surface area contributed by atoms with Gasteiger partial charge in [0.05, 0.1) is 0 Å². The van der Waals surface area contributed by atoms with Gasteiger partial charge in [-0.2, -0.15) is 0 Å². The van der Waals surface area contributed by atoms with E-state index in [9.17, 15) is 9.59 Å². The molecule has 1 atom stereocenters. The minimum absolute atomic E-state index is 0.0116. The van der Waals surface area contributed by atoms with E-state index in [1.807, 2.05) is 6.92 Å². The second-order valence-electron chi connectivity index (χ2n) is 3.72. The normalized spacial score (nSPS) is 24.8. The van der Waals surface area contributed by atoms with Gasteiger partial charge in [0.1, 0.15) is 0 Å². The van der Waals surface area contributed by atoms with Crippen LogP contribution >= 0.6 is 0 Å². The molecule has 1 unspecified atom stereocenters. The number of Topliss-reactive ketones (excluding diaryl/α,β-unsaturated/α-hetero) is 1. The maximum absolute atomic E-state index is 11.6. The minimum atomic E-state index is -0.295. The predicted octanol–water partition coefficient (Wildman–Crippen LogP) is 1.22. The van der Waals surface area contributed by atoms with Crippen molar-refractivity contribution in [2.45, 2.75) is 32.6 Å². The van der Waals surface area contributed by atoms with E-state index in [1.165, 1.54) is 4.90 Å².